The summed E-state index contributed by atoms with van der Waals surface area (Å²) in [5, 5.41) is 0. The van der Waals surface area contributed by atoms with Crippen LogP contribution in [0.15, 0.2) is 30.3 Å². The molecule has 1 aromatic rings. The number of carbonyl (C=O) groups excluding carboxylic acids is 2. The van der Waals surface area contributed by atoms with E-state index in [0.29, 0.717) is 13.0 Å². The molecule has 5 nitrogen and oxygen atoms in total. The number of aryl methyl sites for hydroxylation is 1. The summed E-state index contributed by atoms with van der Waals surface area (Å²) in [7, 11) is 0. The summed E-state index contributed by atoms with van der Waals surface area (Å²) < 4.78 is 5.45. The normalized spacial score (nSPS) is 21.1. The van der Waals surface area contributed by atoms with Gasteiger partial charge in [0.25, 0.3) is 0 Å². The van der Waals surface area contributed by atoms with Crippen LogP contribution in [0.25, 0.3) is 0 Å². The third-order valence-electron chi connectivity index (χ3n) is 5.79. The molecule has 1 unspecified atom stereocenters. The predicted molar refractivity (Wildman–Crippen MR) is 105 cm³/mol. The number of hydrogen-bond acceptors (Lipinski definition) is 3. The molecule has 2 fully saturated rings. The number of nitrogens with zero attached hydrogens (tertiary/aromatic N) is 2. The van der Waals surface area contributed by atoms with Crippen LogP contribution in [-0.4, -0.2) is 60.0 Å². The minimum absolute atomic E-state index is 0.130. The number of hydrogen-bond donors (Lipinski definition) is 0. The Morgan fingerprint density at radius 1 is 1.11 bits per heavy atom. The van der Waals surface area contributed by atoms with Gasteiger partial charge >= 0.3 is 0 Å². The lowest BCUT2D eigenvalue weighted by molar-refractivity contribution is -0.142. The first-order chi connectivity index (χ1) is 13.1. The van der Waals surface area contributed by atoms with E-state index in [1.54, 1.807) is 6.92 Å². The lowest BCUT2D eigenvalue weighted by Crippen LogP contribution is -2.55. The average molecular weight is 373 g/mol. The van der Waals surface area contributed by atoms with Gasteiger partial charge in [-0.05, 0) is 44.1 Å². The third kappa shape index (κ3) is 5.55. The molecule has 0 bridgehead atoms. The molecule has 148 valence electrons. The maximum atomic E-state index is 12.7. The summed E-state index contributed by atoms with van der Waals surface area (Å²) >= 11 is 0. The molecule has 0 saturated carbocycles. The minimum atomic E-state index is 0.130. The summed E-state index contributed by atoms with van der Waals surface area (Å²) in [5.74, 6) is 0.358. The molecule has 0 N–H and O–H groups in total. The molecule has 5 heteroatoms. The van der Waals surface area contributed by atoms with Crippen molar-refractivity contribution in [1.82, 2.24) is 9.80 Å². The van der Waals surface area contributed by atoms with Crippen LogP contribution in [0, 0.1) is 0 Å². The van der Waals surface area contributed by atoms with Crippen LogP contribution in [0.3, 0.4) is 0 Å². The van der Waals surface area contributed by atoms with Crippen molar-refractivity contribution in [2.75, 3.05) is 26.3 Å². The van der Waals surface area contributed by atoms with Crippen molar-refractivity contribution >= 4 is 11.8 Å². The molecule has 27 heavy (non-hydrogen) atoms. The molecule has 0 radical (unpaired) electrons. The Labute approximate surface area is 162 Å². The number of likely N-dealkylation sites (tertiary alicyclic amines) is 1. The number of carbonyl (C=O) groups is 2. The van der Waals surface area contributed by atoms with Crippen molar-refractivity contribution < 1.29 is 14.3 Å². The number of piperidine rings is 1. The molecule has 0 aromatic heterocycles. The predicted octanol–water partition coefficient (Wildman–Crippen LogP) is 3.03. The highest BCUT2D eigenvalue weighted by Gasteiger charge is 2.33. The first-order valence-electron chi connectivity index (χ1n) is 10.3. The van der Waals surface area contributed by atoms with Crippen molar-refractivity contribution in [3.05, 3.63) is 35.9 Å². The summed E-state index contributed by atoms with van der Waals surface area (Å²) in [6.07, 6.45) is 6.17. The molecule has 2 heterocycles. The van der Waals surface area contributed by atoms with Crippen LogP contribution in [0.2, 0.25) is 0 Å². The second-order valence-corrected chi connectivity index (χ2v) is 7.74. The smallest absolute Gasteiger partial charge is 0.222 e. The van der Waals surface area contributed by atoms with Gasteiger partial charge in [-0.15, -0.1) is 0 Å². The van der Waals surface area contributed by atoms with Gasteiger partial charge < -0.3 is 14.5 Å². The summed E-state index contributed by atoms with van der Waals surface area (Å²) in [4.78, 5) is 29.1. The van der Waals surface area contributed by atoms with E-state index in [1.807, 2.05) is 28.0 Å². The van der Waals surface area contributed by atoms with Crippen molar-refractivity contribution in [2.24, 2.45) is 0 Å². The van der Waals surface area contributed by atoms with Crippen LogP contribution in [0.4, 0.5) is 0 Å². The molecule has 2 saturated heterocycles. The van der Waals surface area contributed by atoms with E-state index in [9.17, 15) is 9.59 Å². The Kier molecular flexibility index (Phi) is 7.27. The molecule has 1 atom stereocenters. The second kappa shape index (κ2) is 9.88. The average Bonchev–Trinajstić information content (AvgIpc) is 2.70. The SMILES string of the molecule is CC(=O)N(C1CCOCC1)C1CCCN(C(=O)CCCc2ccccc2)C1. The maximum absolute atomic E-state index is 12.7. The van der Waals surface area contributed by atoms with Gasteiger partial charge in [0.2, 0.25) is 11.8 Å². The van der Waals surface area contributed by atoms with Gasteiger partial charge in [-0.3, -0.25) is 9.59 Å². The van der Waals surface area contributed by atoms with Crippen LogP contribution in [0.1, 0.15) is 51.0 Å². The fourth-order valence-electron chi connectivity index (χ4n) is 4.43. The van der Waals surface area contributed by atoms with Crippen LogP contribution in [-0.2, 0) is 20.7 Å². The van der Waals surface area contributed by atoms with Gasteiger partial charge in [-0.2, -0.15) is 0 Å². The molecule has 2 aliphatic rings. The van der Waals surface area contributed by atoms with E-state index in [4.69, 9.17) is 4.74 Å². The van der Waals surface area contributed by atoms with E-state index in [1.165, 1.54) is 5.56 Å². The third-order valence-corrected chi connectivity index (χ3v) is 5.79. The second-order valence-electron chi connectivity index (χ2n) is 7.74. The molecule has 0 spiro atoms. The van der Waals surface area contributed by atoms with Gasteiger partial charge in [-0.1, -0.05) is 30.3 Å². The number of rotatable bonds is 6. The summed E-state index contributed by atoms with van der Waals surface area (Å²) in [6, 6.07) is 10.7. The zero-order valence-electron chi connectivity index (χ0n) is 16.4. The van der Waals surface area contributed by atoms with Crippen LogP contribution in [0.5, 0.6) is 0 Å². The van der Waals surface area contributed by atoms with Gasteiger partial charge in [-0.25, -0.2) is 0 Å². The maximum Gasteiger partial charge on any atom is 0.222 e. The fraction of sp³-hybridized carbons (Fsp3) is 0.636. The van der Waals surface area contributed by atoms with E-state index >= 15 is 0 Å². The Bertz CT molecular complexity index is 613. The molecular weight excluding hydrogens is 340 g/mol. The lowest BCUT2D eigenvalue weighted by atomic mass is 9.98. The van der Waals surface area contributed by atoms with E-state index < -0.39 is 0 Å². The first-order valence-corrected chi connectivity index (χ1v) is 10.3. The standard InChI is InChI=1S/C22H32N2O3/c1-18(25)24(20-12-15-27-16-13-20)21-10-6-14-23(17-21)22(26)11-5-9-19-7-3-2-4-8-19/h2-4,7-8,20-21H,5-6,9-17H2,1H3. The lowest BCUT2D eigenvalue weighted by Gasteiger charge is -2.44. The topological polar surface area (TPSA) is 49.9 Å². The Balaban J connectivity index is 1.52. The Morgan fingerprint density at radius 2 is 1.85 bits per heavy atom. The molecule has 3 rings (SSSR count). The fourth-order valence-corrected chi connectivity index (χ4v) is 4.43. The zero-order valence-corrected chi connectivity index (χ0v) is 16.4. The highest BCUT2D eigenvalue weighted by molar-refractivity contribution is 5.77. The Morgan fingerprint density at radius 3 is 2.56 bits per heavy atom. The molecule has 0 aliphatic carbocycles. The molecule has 2 aliphatic heterocycles. The monoisotopic (exact) mass is 372 g/mol. The molecular formula is C22H32N2O3. The number of ether oxygens (including phenoxy) is 1. The number of amides is 2. The molecule has 1 aromatic carbocycles. The van der Waals surface area contributed by atoms with Crippen molar-refractivity contribution in [3.63, 3.8) is 0 Å². The van der Waals surface area contributed by atoms with Gasteiger partial charge in [0.15, 0.2) is 0 Å². The van der Waals surface area contributed by atoms with Crippen molar-refractivity contribution in [2.45, 2.75) is 64.0 Å². The van der Waals surface area contributed by atoms with Crippen LogP contribution < -0.4 is 0 Å². The largest absolute Gasteiger partial charge is 0.381 e. The quantitative estimate of drug-likeness (QED) is 0.771. The highest BCUT2D eigenvalue weighted by atomic mass is 16.5. The molecule has 2 amide bonds. The highest BCUT2D eigenvalue weighted by Crippen LogP contribution is 2.24. The zero-order chi connectivity index (χ0) is 19.1. The summed E-state index contributed by atoms with van der Waals surface area (Å²) in [5.41, 5.74) is 1.28. The summed E-state index contributed by atoms with van der Waals surface area (Å²) in [6.45, 7) is 4.62. The van der Waals surface area contributed by atoms with Gasteiger partial charge in [0.1, 0.15) is 0 Å². The van der Waals surface area contributed by atoms with E-state index in [2.05, 4.69) is 12.1 Å². The number of benzene rings is 1. The van der Waals surface area contributed by atoms with Crippen molar-refractivity contribution in [3.8, 4) is 0 Å². The first kappa shape index (κ1) is 19.9. The van der Waals surface area contributed by atoms with Crippen LogP contribution >= 0.6 is 0 Å². The van der Waals surface area contributed by atoms with Gasteiger partial charge in [0, 0.05) is 51.7 Å². The van der Waals surface area contributed by atoms with E-state index in [0.717, 1.165) is 58.3 Å². The van der Waals surface area contributed by atoms with Crippen molar-refractivity contribution in [1.29, 1.82) is 0 Å². The van der Waals surface area contributed by atoms with Gasteiger partial charge in [0.05, 0.1) is 0 Å². The van der Waals surface area contributed by atoms with E-state index in [-0.39, 0.29) is 23.9 Å². The Hall–Kier alpha value is -1.88. The minimum Gasteiger partial charge on any atom is -0.381 e.